The van der Waals surface area contributed by atoms with Crippen molar-refractivity contribution < 1.29 is 0 Å². The lowest BCUT2D eigenvalue weighted by molar-refractivity contribution is 0.748. The third-order valence-corrected chi connectivity index (χ3v) is 2.82. The number of allylic oxidation sites excluding steroid dienone is 1. The van der Waals surface area contributed by atoms with Crippen molar-refractivity contribution in [1.29, 1.82) is 0 Å². The fourth-order valence-corrected chi connectivity index (χ4v) is 1.98. The molecular formula is C14H17. The molecule has 1 aromatic rings. The number of fused-ring (bicyclic) bond motifs is 1. The summed E-state index contributed by atoms with van der Waals surface area (Å²) >= 11 is 0. The maximum Gasteiger partial charge on any atom is 0.00584 e. The Morgan fingerprint density at radius 1 is 1.29 bits per heavy atom. The van der Waals surface area contributed by atoms with Crippen LogP contribution >= 0.6 is 0 Å². The second-order valence-corrected chi connectivity index (χ2v) is 3.89. The molecule has 0 bridgehead atoms. The maximum absolute atomic E-state index is 2.44. The van der Waals surface area contributed by atoms with E-state index in [1.165, 1.54) is 30.4 Å². The van der Waals surface area contributed by atoms with Gasteiger partial charge in [0.15, 0.2) is 0 Å². The van der Waals surface area contributed by atoms with Crippen LogP contribution in [0.1, 0.15) is 43.2 Å². The topological polar surface area (TPSA) is 0 Å². The molecule has 1 radical (unpaired) electrons. The molecule has 0 nitrogen and oxygen atoms in total. The molecule has 14 heavy (non-hydrogen) atoms. The Balaban J connectivity index is 2.00. The zero-order valence-corrected chi connectivity index (χ0v) is 8.74. The van der Waals surface area contributed by atoms with E-state index in [0.717, 1.165) is 0 Å². The minimum Gasteiger partial charge on any atom is -0.0761 e. The lowest BCUT2D eigenvalue weighted by Crippen LogP contribution is -1.93. The third-order valence-electron chi connectivity index (χ3n) is 2.82. The highest BCUT2D eigenvalue weighted by atomic mass is 14.2. The number of rotatable bonds is 4. The van der Waals surface area contributed by atoms with Gasteiger partial charge < -0.3 is 0 Å². The fourth-order valence-electron chi connectivity index (χ4n) is 1.98. The molecular weight excluding hydrogens is 168 g/mol. The molecule has 0 aromatic heterocycles. The van der Waals surface area contributed by atoms with Gasteiger partial charge in [-0.15, -0.1) is 0 Å². The number of unbranched alkanes of at least 4 members (excludes halogenated alkanes) is 2. The van der Waals surface area contributed by atoms with E-state index in [9.17, 15) is 0 Å². The van der Waals surface area contributed by atoms with Gasteiger partial charge in [-0.25, -0.2) is 0 Å². The highest BCUT2D eigenvalue weighted by Gasteiger charge is 2.15. The standard InChI is InChI=1S/C14H17/c1-2-3-4-7-12-10-11-13-8-5-6-9-14(12)13/h5-12H,2-4H2,1H3. The molecule has 1 aromatic carbocycles. The Morgan fingerprint density at radius 2 is 2.14 bits per heavy atom. The monoisotopic (exact) mass is 185 g/mol. The van der Waals surface area contributed by atoms with Gasteiger partial charge in [-0.2, -0.15) is 0 Å². The van der Waals surface area contributed by atoms with Crippen molar-refractivity contribution in [2.45, 2.75) is 32.1 Å². The van der Waals surface area contributed by atoms with E-state index in [1.54, 1.807) is 0 Å². The Bertz CT molecular complexity index is 323. The van der Waals surface area contributed by atoms with Gasteiger partial charge in [-0.3, -0.25) is 0 Å². The minimum atomic E-state index is 0.567. The Kier molecular flexibility index (Phi) is 3.03. The molecule has 0 saturated carbocycles. The molecule has 0 spiro atoms. The molecule has 0 saturated heterocycles. The second kappa shape index (κ2) is 4.45. The van der Waals surface area contributed by atoms with Crippen molar-refractivity contribution in [2.75, 3.05) is 0 Å². The van der Waals surface area contributed by atoms with E-state index >= 15 is 0 Å². The highest BCUT2D eigenvalue weighted by molar-refractivity contribution is 5.63. The van der Waals surface area contributed by atoms with Crippen molar-refractivity contribution in [3.8, 4) is 0 Å². The van der Waals surface area contributed by atoms with Gasteiger partial charge in [-0.05, 0) is 24.0 Å². The van der Waals surface area contributed by atoms with Gasteiger partial charge in [0.05, 0.1) is 0 Å². The molecule has 1 aliphatic carbocycles. The van der Waals surface area contributed by atoms with Crippen molar-refractivity contribution in [3.05, 3.63) is 47.9 Å². The Labute approximate surface area is 86.7 Å². The summed E-state index contributed by atoms with van der Waals surface area (Å²) in [5.74, 6) is 0.567. The molecule has 0 heteroatoms. The van der Waals surface area contributed by atoms with Crippen molar-refractivity contribution >= 4 is 6.08 Å². The summed E-state index contributed by atoms with van der Waals surface area (Å²) in [6.45, 7) is 2.24. The lowest BCUT2D eigenvalue weighted by Gasteiger charge is -2.09. The van der Waals surface area contributed by atoms with E-state index in [4.69, 9.17) is 0 Å². The summed E-state index contributed by atoms with van der Waals surface area (Å²) in [7, 11) is 0. The van der Waals surface area contributed by atoms with E-state index < -0.39 is 0 Å². The highest BCUT2D eigenvalue weighted by Crippen LogP contribution is 2.32. The van der Waals surface area contributed by atoms with Crippen LogP contribution in [-0.4, -0.2) is 0 Å². The molecule has 1 unspecified atom stereocenters. The predicted molar refractivity (Wildman–Crippen MR) is 62.0 cm³/mol. The minimum absolute atomic E-state index is 0.567. The molecule has 0 fully saturated rings. The SMILES string of the molecule is CCCC[CH]C1C=Cc2ccccc21. The smallest absolute Gasteiger partial charge is 0.00584 e. The van der Waals surface area contributed by atoms with E-state index in [1.807, 2.05) is 0 Å². The van der Waals surface area contributed by atoms with Crippen molar-refractivity contribution in [3.63, 3.8) is 0 Å². The van der Waals surface area contributed by atoms with E-state index in [0.29, 0.717) is 5.92 Å². The van der Waals surface area contributed by atoms with Crippen LogP contribution in [0.3, 0.4) is 0 Å². The van der Waals surface area contributed by atoms with Gasteiger partial charge >= 0.3 is 0 Å². The zero-order valence-electron chi connectivity index (χ0n) is 8.74. The lowest BCUT2D eigenvalue weighted by atomic mass is 9.95. The van der Waals surface area contributed by atoms with Crippen LogP contribution in [0.25, 0.3) is 6.08 Å². The molecule has 0 heterocycles. The molecule has 1 aliphatic rings. The van der Waals surface area contributed by atoms with Crippen LogP contribution in [0, 0.1) is 6.42 Å². The Morgan fingerprint density at radius 3 is 3.00 bits per heavy atom. The van der Waals surface area contributed by atoms with Crippen molar-refractivity contribution in [2.24, 2.45) is 0 Å². The Hall–Kier alpha value is -1.04. The number of hydrogen-bond donors (Lipinski definition) is 0. The quantitative estimate of drug-likeness (QED) is 0.617. The van der Waals surface area contributed by atoms with Crippen LogP contribution in [0.5, 0.6) is 0 Å². The molecule has 0 aliphatic heterocycles. The normalized spacial score (nSPS) is 18.5. The van der Waals surface area contributed by atoms with Gasteiger partial charge in [0.25, 0.3) is 0 Å². The first kappa shape index (κ1) is 9.51. The molecule has 1 atom stereocenters. The number of hydrogen-bond acceptors (Lipinski definition) is 0. The summed E-state index contributed by atoms with van der Waals surface area (Å²) in [4.78, 5) is 0. The average molecular weight is 185 g/mol. The first-order valence-electron chi connectivity index (χ1n) is 5.52. The summed E-state index contributed by atoms with van der Waals surface area (Å²) in [5.41, 5.74) is 2.87. The molecule has 73 valence electrons. The van der Waals surface area contributed by atoms with Crippen LogP contribution in [0.15, 0.2) is 30.3 Å². The summed E-state index contributed by atoms with van der Waals surface area (Å²) in [6, 6.07) is 8.67. The average Bonchev–Trinajstić information content (AvgIpc) is 2.63. The van der Waals surface area contributed by atoms with Crippen molar-refractivity contribution in [1.82, 2.24) is 0 Å². The van der Waals surface area contributed by atoms with Crippen LogP contribution in [0.4, 0.5) is 0 Å². The van der Waals surface area contributed by atoms with E-state index in [2.05, 4.69) is 49.8 Å². The fraction of sp³-hybridized carbons (Fsp3) is 0.357. The largest absolute Gasteiger partial charge is 0.0761 e. The molecule has 0 N–H and O–H groups in total. The van der Waals surface area contributed by atoms with Crippen LogP contribution in [-0.2, 0) is 0 Å². The zero-order chi connectivity index (χ0) is 9.80. The third kappa shape index (κ3) is 1.89. The summed E-state index contributed by atoms with van der Waals surface area (Å²) in [6.07, 6.45) is 10.8. The predicted octanol–water partition coefficient (Wildman–Crippen LogP) is 4.19. The van der Waals surface area contributed by atoms with Gasteiger partial charge in [0.1, 0.15) is 0 Å². The summed E-state index contributed by atoms with van der Waals surface area (Å²) < 4.78 is 0. The van der Waals surface area contributed by atoms with Crippen LogP contribution in [0.2, 0.25) is 0 Å². The number of benzene rings is 1. The van der Waals surface area contributed by atoms with Gasteiger partial charge in [-0.1, -0.05) is 56.2 Å². The molecule has 0 amide bonds. The first-order chi connectivity index (χ1) is 6.92. The van der Waals surface area contributed by atoms with E-state index in [-0.39, 0.29) is 0 Å². The summed E-state index contributed by atoms with van der Waals surface area (Å²) in [5, 5.41) is 0. The van der Waals surface area contributed by atoms with Gasteiger partial charge in [0, 0.05) is 5.92 Å². The van der Waals surface area contributed by atoms with Crippen LogP contribution < -0.4 is 0 Å². The van der Waals surface area contributed by atoms with Gasteiger partial charge in [0.2, 0.25) is 0 Å². The second-order valence-electron chi connectivity index (χ2n) is 3.89. The molecule has 2 rings (SSSR count). The maximum atomic E-state index is 2.44. The first-order valence-corrected chi connectivity index (χ1v) is 5.52.